The SMILES string of the molecule is Nc1ccc(O)c(C(=O)O)c1.O=C(O)c1cc(/N=N/c2ccc(O)c(C(=O)O)c2)ccc1O. The number of aromatic carboxylic acids is 3. The van der Waals surface area contributed by atoms with Gasteiger partial charge < -0.3 is 36.4 Å². The Bertz CT molecular complexity index is 1190. The molecule has 170 valence electrons. The topological polar surface area (TPSA) is 223 Å². The van der Waals surface area contributed by atoms with Crippen molar-refractivity contribution in [1.82, 2.24) is 0 Å². The molecule has 0 atom stereocenters. The number of hydrogen-bond acceptors (Lipinski definition) is 9. The van der Waals surface area contributed by atoms with E-state index in [4.69, 9.17) is 26.2 Å². The Labute approximate surface area is 185 Å². The fourth-order valence-corrected chi connectivity index (χ4v) is 2.36. The van der Waals surface area contributed by atoms with E-state index in [0.717, 1.165) is 24.3 Å². The van der Waals surface area contributed by atoms with Crippen LogP contribution in [0.15, 0.2) is 64.8 Å². The van der Waals surface area contributed by atoms with E-state index in [1.165, 1.54) is 30.3 Å². The monoisotopic (exact) mass is 455 g/mol. The van der Waals surface area contributed by atoms with Crippen molar-refractivity contribution >= 4 is 35.0 Å². The van der Waals surface area contributed by atoms with Crippen molar-refractivity contribution in [2.45, 2.75) is 0 Å². The van der Waals surface area contributed by atoms with Crippen molar-refractivity contribution in [3.63, 3.8) is 0 Å². The second kappa shape index (κ2) is 10.3. The molecule has 33 heavy (non-hydrogen) atoms. The number of rotatable bonds is 5. The van der Waals surface area contributed by atoms with Gasteiger partial charge in [-0.15, -0.1) is 0 Å². The van der Waals surface area contributed by atoms with Crippen molar-refractivity contribution in [3.05, 3.63) is 71.3 Å². The number of nitrogens with two attached hydrogens (primary N) is 1. The van der Waals surface area contributed by atoms with E-state index in [0.29, 0.717) is 5.69 Å². The smallest absolute Gasteiger partial charge is 0.339 e. The van der Waals surface area contributed by atoms with Crippen LogP contribution in [0, 0.1) is 0 Å². The Balaban J connectivity index is 0.000000294. The molecular formula is C21H17N3O9. The molecule has 0 saturated carbocycles. The molecule has 0 heterocycles. The average Bonchev–Trinajstić information content (AvgIpc) is 2.75. The molecule has 3 aromatic rings. The van der Waals surface area contributed by atoms with Crippen molar-refractivity contribution in [2.75, 3.05) is 5.73 Å². The molecule has 12 nitrogen and oxygen atoms in total. The van der Waals surface area contributed by atoms with E-state index in [9.17, 15) is 24.6 Å². The Morgan fingerprint density at radius 2 is 0.909 bits per heavy atom. The maximum Gasteiger partial charge on any atom is 0.339 e. The third-order valence-electron chi connectivity index (χ3n) is 3.95. The molecule has 0 saturated heterocycles. The molecule has 0 aliphatic carbocycles. The Morgan fingerprint density at radius 1 is 0.576 bits per heavy atom. The van der Waals surface area contributed by atoms with Crippen LogP contribution in [0.2, 0.25) is 0 Å². The molecule has 12 heteroatoms. The number of nitrogen functional groups attached to an aromatic ring is 1. The zero-order valence-corrected chi connectivity index (χ0v) is 16.6. The van der Waals surface area contributed by atoms with Gasteiger partial charge in [0.25, 0.3) is 0 Å². The molecule has 0 unspecified atom stereocenters. The average molecular weight is 455 g/mol. The highest BCUT2D eigenvalue weighted by molar-refractivity contribution is 5.93. The van der Waals surface area contributed by atoms with Crippen LogP contribution in [0.5, 0.6) is 17.2 Å². The first-order valence-corrected chi connectivity index (χ1v) is 8.85. The minimum atomic E-state index is -1.31. The molecule has 8 N–H and O–H groups in total. The summed E-state index contributed by atoms with van der Waals surface area (Å²) >= 11 is 0. The molecule has 0 bridgehead atoms. The lowest BCUT2D eigenvalue weighted by Crippen LogP contribution is -1.97. The predicted octanol–water partition coefficient (Wildman–Crippen LogP) is 3.58. The second-order valence-corrected chi connectivity index (χ2v) is 6.29. The molecule has 0 aliphatic rings. The van der Waals surface area contributed by atoms with E-state index < -0.39 is 29.4 Å². The zero-order valence-electron chi connectivity index (χ0n) is 16.6. The number of benzene rings is 3. The number of phenols is 3. The lowest BCUT2D eigenvalue weighted by atomic mass is 10.2. The fraction of sp³-hybridized carbons (Fsp3) is 0. The van der Waals surface area contributed by atoms with Gasteiger partial charge in [0.05, 0.1) is 11.4 Å². The van der Waals surface area contributed by atoms with Crippen LogP contribution in [-0.2, 0) is 0 Å². The summed E-state index contributed by atoms with van der Waals surface area (Å²) in [6.45, 7) is 0. The van der Waals surface area contributed by atoms with Gasteiger partial charge in [0.15, 0.2) is 0 Å². The van der Waals surface area contributed by atoms with Gasteiger partial charge in [0.2, 0.25) is 0 Å². The number of carboxylic acid groups (broad SMARTS) is 3. The van der Waals surface area contributed by atoms with Crippen molar-refractivity contribution in [3.8, 4) is 17.2 Å². The van der Waals surface area contributed by atoms with Crippen LogP contribution in [0.3, 0.4) is 0 Å². The van der Waals surface area contributed by atoms with Gasteiger partial charge in [-0.05, 0) is 54.6 Å². The second-order valence-electron chi connectivity index (χ2n) is 6.29. The van der Waals surface area contributed by atoms with Gasteiger partial charge in [0.1, 0.15) is 33.9 Å². The zero-order chi connectivity index (χ0) is 24.7. The summed E-state index contributed by atoms with van der Waals surface area (Å²) in [5.74, 6) is -4.88. The summed E-state index contributed by atoms with van der Waals surface area (Å²) in [7, 11) is 0. The highest BCUT2D eigenvalue weighted by atomic mass is 16.4. The summed E-state index contributed by atoms with van der Waals surface area (Å²) in [6.07, 6.45) is 0. The number of carbonyl (C=O) groups is 3. The van der Waals surface area contributed by atoms with Gasteiger partial charge in [-0.3, -0.25) is 0 Å². The number of carboxylic acids is 3. The first-order valence-electron chi connectivity index (χ1n) is 8.85. The maximum absolute atomic E-state index is 10.9. The van der Waals surface area contributed by atoms with Crippen LogP contribution in [-0.4, -0.2) is 48.5 Å². The molecule has 0 fully saturated rings. The molecule has 3 aromatic carbocycles. The third kappa shape index (κ3) is 6.42. The van der Waals surface area contributed by atoms with E-state index in [2.05, 4.69) is 10.2 Å². The van der Waals surface area contributed by atoms with Crippen molar-refractivity contribution < 1.29 is 45.0 Å². The van der Waals surface area contributed by atoms with Crippen LogP contribution in [0.25, 0.3) is 0 Å². The van der Waals surface area contributed by atoms with Crippen LogP contribution in [0.1, 0.15) is 31.1 Å². The highest BCUT2D eigenvalue weighted by Gasteiger charge is 2.11. The molecule has 0 amide bonds. The lowest BCUT2D eigenvalue weighted by Gasteiger charge is -2.01. The number of anilines is 1. The summed E-state index contributed by atoms with van der Waals surface area (Å²) in [4.78, 5) is 32.1. The van der Waals surface area contributed by atoms with Gasteiger partial charge in [0, 0.05) is 5.69 Å². The fourth-order valence-electron chi connectivity index (χ4n) is 2.36. The number of nitrogens with zero attached hydrogens (tertiary/aromatic N) is 2. The maximum atomic E-state index is 10.9. The summed E-state index contributed by atoms with van der Waals surface area (Å²) in [6, 6.07) is 11.2. The van der Waals surface area contributed by atoms with Crippen LogP contribution in [0.4, 0.5) is 17.1 Å². The molecule has 0 radical (unpaired) electrons. The summed E-state index contributed by atoms with van der Waals surface area (Å²) in [5.41, 5.74) is 5.12. The minimum Gasteiger partial charge on any atom is -0.507 e. The van der Waals surface area contributed by atoms with E-state index >= 15 is 0 Å². The molecule has 0 aromatic heterocycles. The van der Waals surface area contributed by atoms with Gasteiger partial charge >= 0.3 is 17.9 Å². The largest absolute Gasteiger partial charge is 0.507 e. The Kier molecular flexibility index (Phi) is 7.50. The quantitative estimate of drug-likeness (QED) is 0.168. The summed E-state index contributed by atoms with van der Waals surface area (Å²) < 4.78 is 0. The predicted molar refractivity (Wildman–Crippen MR) is 114 cm³/mol. The number of azo groups is 1. The Hall–Kier alpha value is -5.13. The number of hydrogen-bond donors (Lipinski definition) is 7. The molecule has 0 spiro atoms. The Morgan fingerprint density at radius 3 is 1.24 bits per heavy atom. The van der Waals surface area contributed by atoms with Gasteiger partial charge in [-0.2, -0.15) is 10.2 Å². The molecular weight excluding hydrogens is 438 g/mol. The highest BCUT2D eigenvalue weighted by Crippen LogP contribution is 2.27. The lowest BCUT2D eigenvalue weighted by molar-refractivity contribution is 0.0682. The molecule has 3 rings (SSSR count). The van der Waals surface area contributed by atoms with Gasteiger partial charge in [-0.1, -0.05) is 0 Å². The van der Waals surface area contributed by atoms with E-state index in [1.54, 1.807) is 0 Å². The van der Waals surface area contributed by atoms with Gasteiger partial charge in [-0.25, -0.2) is 14.4 Å². The van der Waals surface area contributed by atoms with Crippen LogP contribution >= 0.6 is 0 Å². The normalized spacial score (nSPS) is 10.3. The first kappa shape index (κ1) is 24.1. The van der Waals surface area contributed by atoms with Crippen molar-refractivity contribution in [2.24, 2.45) is 10.2 Å². The minimum absolute atomic E-state index is 0.167. The third-order valence-corrected chi connectivity index (χ3v) is 3.95. The molecule has 0 aliphatic heterocycles. The van der Waals surface area contributed by atoms with E-state index in [1.807, 2.05) is 0 Å². The summed E-state index contributed by atoms with van der Waals surface area (Å²) in [5, 5.41) is 61.5. The standard InChI is InChI=1S/C14H10N2O6.C7H7NO3/c17-11-3-1-7(5-9(11)13(19)20)15-16-8-2-4-12(18)10(6-8)14(21)22;8-4-1-2-6(9)5(3-4)7(10)11/h1-6,17-18H,(H,19,20)(H,21,22);1-3,9H,8H2,(H,10,11)/b16-15+;. The first-order chi connectivity index (χ1) is 15.5. The van der Waals surface area contributed by atoms with E-state index in [-0.39, 0.29) is 33.8 Å². The van der Waals surface area contributed by atoms with Crippen LogP contribution < -0.4 is 5.73 Å². The number of aromatic hydroxyl groups is 3. The van der Waals surface area contributed by atoms with Crippen molar-refractivity contribution in [1.29, 1.82) is 0 Å².